The molecule has 15 heavy (non-hydrogen) atoms. The molecular weight excluding hydrogens is 192 g/mol. The summed E-state index contributed by atoms with van der Waals surface area (Å²) in [5.74, 6) is 0.618. The first-order valence-corrected chi connectivity index (χ1v) is 4.94. The smallest absolute Gasteiger partial charge is 0.234 e. The summed E-state index contributed by atoms with van der Waals surface area (Å²) in [5.41, 5.74) is 6.71. The standard InChI is InChI=1S/C10H14N4O/c11-10-8(2-1-3-13-10)6-14-5-4-12-9(15)7-14/h1-3H,4-7H2,(H2,11,13)(H,12,15). The van der Waals surface area contributed by atoms with Gasteiger partial charge in [-0.05, 0) is 6.07 Å². The van der Waals surface area contributed by atoms with Crippen molar-refractivity contribution < 1.29 is 4.79 Å². The summed E-state index contributed by atoms with van der Waals surface area (Å²) in [7, 11) is 0. The highest BCUT2D eigenvalue weighted by Crippen LogP contribution is 2.10. The molecule has 0 bridgehead atoms. The molecule has 3 N–H and O–H groups in total. The van der Waals surface area contributed by atoms with E-state index in [1.54, 1.807) is 6.20 Å². The Morgan fingerprint density at radius 2 is 2.47 bits per heavy atom. The van der Waals surface area contributed by atoms with Crippen molar-refractivity contribution in [2.75, 3.05) is 25.4 Å². The summed E-state index contributed by atoms with van der Waals surface area (Å²) in [4.78, 5) is 17.2. The third-order valence-corrected chi connectivity index (χ3v) is 2.44. The Kier molecular flexibility index (Phi) is 2.82. The predicted molar refractivity (Wildman–Crippen MR) is 56.9 cm³/mol. The van der Waals surface area contributed by atoms with Crippen LogP contribution >= 0.6 is 0 Å². The fourth-order valence-corrected chi connectivity index (χ4v) is 1.65. The third kappa shape index (κ3) is 2.44. The number of pyridine rings is 1. The number of carbonyl (C=O) groups excluding carboxylic acids is 1. The maximum Gasteiger partial charge on any atom is 0.234 e. The van der Waals surface area contributed by atoms with Gasteiger partial charge in [0.15, 0.2) is 0 Å². The largest absolute Gasteiger partial charge is 0.383 e. The van der Waals surface area contributed by atoms with Crippen LogP contribution in [0.3, 0.4) is 0 Å². The molecular formula is C10H14N4O. The number of hydrogen-bond acceptors (Lipinski definition) is 4. The van der Waals surface area contributed by atoms with Crippen LogP contribution in [0.25, 0.3) is 0 Å². The number of nitrogens with zero attached hydrogens (tertiary/aromatic N) is 2. The number of amides is 1. The second-order valence-corrected chi connectivity index (χ2v) is 3.61. The number of rotatable bonds is 2. The molecule has 0 saturated carbocycles. The van der Waals surface area contributed by atoms with Gasteiger partial charge >= 0.3 is 0 Å². The van der Waals surface area contributed by atoms with Gasteiger partial charge in [0.1, 0.15) is 5.82 Å². The molecule has 0 radical (unpaired) electrons. The number of nitrogens with one attached hydrogen (secondary N) is 1. The molecule has 2 heterocycles. The Morgan fingerprint density at radius 3 is 3.20 bits per heavy atom. The Bertz CT molecular complexity index is 366. The van der Waals surface area contributed by atoms with Crippen LogP contribution in [0.4, 0.5) is 5.82 Å². The third-order valence-electron chi connectivity index (χ3n) is 2.44. The van der Waals surface area contributed by atoms with Gasteiger partial charge in [0.25, 0.3) is 0 Å². The van der Waals surface area contributed by atoms with Crippen molar-refractivity contribution in [2.24, 2.45) is 0 Å². The van der Waals surface area contributed by atoms with Crippen molar-refractivity contribution in [1.29, 1.82) is 0 Å². The second kappa shape index (κ2) is 4.27. The van der Waals surface area contributed by atoms with Crippen molar-refractivity contribution in [2.45, 2.75) is 6.54 Å². The van der Waals surface area contributed by atoms with Gasteiger partial charge in [-0.1, -0.05) is 6.07 Å². The van der Waals surface area contributed by atoms with E-state index in [4.69, 9.17) is 5.73 Å². The zero-order valence-electron chi connectivity index (χ0n) is 8.44. The number of nitrogen functional groups attached to an aromatic ring is 1. The van der Waals surface area contributed by atoms with Gasteiger partial charge in [0.2, 0.25) is 5.91 Å². The molecule has 2 rings (SSSR count). The molecule has 0 spiro atoms. The zero-order chi connectivity index (χ0) is 10.7. The van der Waals surface area contributed by atoms with E-state index in [0.717, 1.165) is 12.1 Å². The van der Waals surface area contributed by atoms with Gasteiger partial charge in [0, 0.05) is 31.4 Å². The van der Waals surface area contributed by atoms with Crippen LogP contribution in [0, 0.1) is 0 Å². The maximum atomic E-state index is 11.1. The fourth-order valence-electron chi connectivity index (χ4n) is 1.65. The minimum absolute atomic E-state index is 0.0729. The highest BCUT2D eigenvalue weighted by Gasteiger charge is 2.16. The molecule has 0 aromatic carbocycles. The summed E-state index contributed by atoms with van der Waals surface area (Å²) < 4.78 is 0. The first kappa shape index (κ1) is 9.92. The van der Waals surface area contributed by atoms with Crippen LogP contribution in [-0.4, -0.2) is 35.4 Å². The molecule has 1 aromatic heterocycles. The van der Waals surface area contributed by atoms with Crippen LogP contribution in [0.1, 0.15) is 5.56 Å². The second-order valence-electron chi connectivity index (χ2n) is 3.61. The first-order chi connectivity index (χ1) is 7.25. The lowest BCUT2D eigenvalue weighted by atomic mass is 10.2. The Hall–Kier alpha value is -1.62. The minimum atomic E-state index is 0.0729. The SMILES string of the molecule is Nc1ncccc1CN1CCNC(=O)C1. The van der Waals surface area contributed by atoms with E-state index in [-0.39, 0.29) is 5.91 Å². The van der Waals surface area contributed by atoms with Crippen molar-refractivity contribution >= 4 is 11.7 Å². The number of piperazine rings is 1. The lowest BCUT2D eigenvalue weighted by molar-refractivity contribution is -0.124. The molecule has 1 amide bonds. The highest BCUT2D eigenvalue weighted by atomic mass is 16.2. The minimum Gasteiger partial charge on any atom is -0.383 e. The van der Waals surface area contributed by atoms with Crippen molar-refractivity contribution in [3.05, 3.63) is 23.9 Å². The van der Waals surface area contributed by atoms with E-state index in [0.29, 0.717) is 25.5 Å². The van der Waals surface area contributed by atoms with E-state index in [1.165, 1.54) is 0 Å². The topological polar surface area (TPSA) is 71.2 Å². The summed E-state index contributed by atoms with van der Waals surface area (Å²) in [6.45, 7) is 2.69. The van der Waals surface area contributed by atoms with E-state index >= 15 is 0 Å². The average Bonchev–Trinajstić information content (AvgIpc) is 2.22. The predicted octanol–water partition coefficient (Wildman–Crippen LogP) is -0.404. The van der Waals surface area contributed by atoms with E-state index in [9.17, 15) is 4.79 Å². The van der Waals surface area contributed by atoms with Gasteiger partial charge in [-0.2, -0.15) is 0 Å². The van der Waals surface area contributed by atoms with Crippen molar-refractivity contribution in [1.82, 2.24) is 15.2 Å². The number of hydrogen-bond donors (Lipinski definition) is 2. The van der Waals surface area contributed by atoms with Crippen LogP contribution in [0.2, 0.25) is 0 Å². The van der Waals surface area contributed by atoms with Gasteiger partial charge in [-0.25, -0.2) is 4.98 Å². The van der Waals surface area contributed by atoms with E-state index in [2.05, 4.69) is 15.2 Å². The molecule has 0 aliphatic carbocycles. The lowest BCUT2D eigenvalue weighted by Gasteiger charge is -2.26. The Labute approximate surface area is 88.3 Å². The van der Waals surface area contributed by atoms with Crippen LogP contribution < -0.4 is 11.1 Å². The molecule has 0 unspecified atom stereocenters. The maximum absolute atomic E-state index is 11.1. The summed E-state index contributed by atoms with van der Waals surface area (Å²) in [6, 6.07) is 3.80. The molecule has 1 saturated heterocycles. The van der Waals surface area contributed by atoms with Crippen molar-refractivity contribution in [3.8, 4) is 0 Å². The number of carbonyl (C=O) groups is 1. The molecule has 80 valence electrons. The molecule has 5 nitrogen and oxygen atoms in total. The Morgan fingerprint density at radius 1 is 1.60 bits per heavy atom. The lowest BCUT2D eigenvalue weighted by Crippen LogP contribution is -2.47. The van der Waals surface area contributed by atoms with Gasteiger partial charge in [-0.3, -0.25) is 9.69 Å². The normalized spacial score (nSPS) is 17.5. The monoisotopic (exact) mass is 206 g/mol. The number of nitrogens with two attached hydrogens (primary N) is 1. The number of aromatic nitrogens is 1. The molecule has 1 fully saturated rings. The number of anilines is 1. The van der Waals surface area contributed by atoms with Crippen LogP contribution in [0.15, 0.2) is 18.3 Å². The Balaban J connectivity index is 2.02. The van der Waals surface area contributed by atoms with Gasteiger partial charge in [0.05, 0.1) is 6.54 Å². The summed E-state index contributed by atoms with van der Waals surface area (Å²) >= 11 is 0. The van der Waals surface area contributed by atoms with E-state index < -0.39 is 0 Å². The molecule has 1 aliphatic heterocycles. The molecule has 5 heteroatoms. The average molecular weight is 206 g/mol. The van der Waals surface area contributed by atoms with Gasteiger partial charge < -0.3 is 11.1 Å². The summed E-state index contributed by atoms with van der Waals surface area (Å²) in [6.07, 6.45) is 1.67. The fraction of sp³-hybridized carbons (Fsp3) is 0.400. The van der Waals surface area contributed by atoms with Crippen molar-refractivity contribution in [3.63, 3.8) is 0 Å². The van der Waals surface area contributed by atoms with Gasteiger partial charge in [-0.15, -0.1) is 0 Å². The highest BCUT2D eigenvalue weighted by molar-refractivity contribution is 5.78. The van der Waals surface area contributed by atoms with Crippen LogP contribution in [0.5, 0.6) is 0 Å². The van der Waals surface area contributed by atoms with Crippen LogP contribution in [-0.2, 0) is 11.3 Å². The molecule has 1 aromatic rings. The molecule has 1 aliphatic rings. The van der Waals surface area contributed by atoms with E-state index in [1.807, 2.05) is 12.1 Å². The first-order valence-electron chi connectivity index (χ1n) is 4.94. The zero-order valence-corrected chi connectivity index (χ0v) is 8.44. The molecule has 0 atom stereocenters. The quantitative estimate of drug-likeness (QED) is 0.690. The summed E-state index contributed by atoms with van der Waals surface area (Å²) in [5, 5.41) is 2.78.